The van der Waals surface area contributed by atoms with Gasteiger partial charge in [-0.15, -0.1) is 0 Å². The first-order valence-electron chi connectivity index (χ1n) is 3.23. The van der Waals surface area contributed by atoms with Gasteiger partial charge in [-0.25, -0.2) is 9.69 Å². The Morgan fingerprint density at radius 3 is 2.80 bits per heavy atom. The Bertz CT molecular complexity index is 166. The average Bonchev–Trinajstić information content (AvgIpc) is 1.85. The summed E-state index contributed by atoms with van der Waals surface area (Å²) in [5.41, 5.74) is 0. The lowest BCUT2D eigenvalue weighted by molar-refractivity contribution is -0.137. The van der Waals surface area contributed by atoms with E-state index >= 15 is 0 Å². The molecule has 0 unspecified atom stereocenters. The van der Waals surface area contributed by atoms with E-state index in [1.54, 1.807) is 6.92 Å². The maximum Gasteiger partial charge on any atom is 0.416 e. The van der Waals surface area contributed by atoms with E-state index in [0.29, 0.717) is 19.6 Å². The number of ether oxygens (including phenoxy) is 1. The van der Waals surface area contributed by atoms with Crippen LogP contribution in [0, 0.1) is 0 Å². The van der Waals surface area contributed by atoms with Gasteiger partial charge in [0.05, 0.1) is 6.61 Å². The van der Waals surface area contributed by atoms with E-state index in [1.165, 1.54) is 0 Å². The molecule has 0 spiro atoms. The Hall–Kier alpha value is -1.06. The molecule has 4 nitrogen and oxygen atoms in total. The number of nitrogens with zero attached hydrogens (tertiary/aromatic N) is 1. The fourth-order valence-electron chi connectivity index (χ4n) is 0.709. The molecule has 0 aliphatic carbocycles. The number of rotatable bonds is 1. The molecule has 1 rings (SSSR count). The quantitative estimate of drug-likeness (QED) is 0.498. The number of carbonyl (C=O) groups excluding carboxylic acids is 2. The third-order valence-corrected chi connectivity index (χ3v) is 1.34. The predicted octanol–water partition coefficient (Wildman–Crippen LogP) is 0.375. The average molecular weight is 143 g/mol. The summed E-state index contributed by atoms with van der Waals surface area (Å²) in [6, 6.07) is 0. The first-order chi connectivity index (χ1) is 4.75. The van der Waals surface area contributed by atoms with Crippen molar-refractivity contribution in [2.24, 2.45) is 0 Å². The molecule has 0 radical (unpaired) electrons. The van der Waals surface area contributed by atoms with E-state index in [4.69, 9.17) is 0 Å². The zero-order valence-electron chi connectivity index (χ0n) is 5.79. The molecule has 1 aliphatic rings. The van der Waals surface area contributed by atoms with Crippen LogP contribution in [0.5, 0.6) is 0 Å². The Kier molecular flexibility index (Phi) is 1.89. The highest BCUT2D eigenvalue weighted by Gasteiger charge is 2.30. The van der Waals surface area contributed by atoms with Crippen molar-refractivity contribution in [2.45, 2.75) is 13.3 Å². The van der Waals surface area contributed by atoms with Crippen LogP contribution >= 0.6 is 0 Å². The van der Waals surface area contributed by atoms with E-state index in [9.17, 15) is 9.59 Å². The number of hydrogen-bond acceptors (Lipinski definition) is 3. The molecule has 0 saturated carbocycles. The van der Waals surface area contributed by atoms with Gasteiger partial charge in [-0.2, -0.15) is 0 Å². The molecule has 56 valence electrons. The monoisotopic (exact) mass is 143 g/mol. The third kappa shape index (κ3) is 1.10. The molecule has 0 bridgehead atoms. The maximum atomic E-state index is 10.7. The van der Waals surface area contributed by atoms with Crippen LogP contribution in [0.1, 0.15) is 13.3 Å². The zero-order valence-corrected chi connectivity index (χ0v) is 5.79. The van der Waals surface area contributed by atoms with Gasteiger partial charge in [-0.05, 0) is 6.92 Å². The van der Waals surface area contributed by atoms with Crippen molar-refractivity contribution < 1.29 is 14.3 Å². The van der Waals surface area contributed by atoms with Crippen molar-refractivity contribution in [2.75, 3.05) is 13.2 Å². The molecule has 1 saturated heterocycles. The molecule has 0 aromatic rings. The summed E-state index contributed by atoms with van der Waals surface area (Å²) in [6.07, 6.45) is -0.0440. The molecule has 1 fully saturated rings. The van der Waals surface area contributed by atoms with E-state index < -0.39 is 6.09 Å². The SMILES string of the molecule is CCOC(=O)N1CCC1=O. The summed E-state index contributed by atoms with van der Waals surface area (Å²) in [5, 5.41) is 0. The first kappa shape index (κ1) is 7.05. The summed E-state index contributed by atoms with van der Waals surface area (Å²) in [4.78, 5) is 22.4. The highest BCUT2D eigenvalue weighted by molar-refractivity contribution is 5.96. The molecule has 0 N–H and O–H groups in total. The van der Waals surface area contributed by atoms with Gasteiger partial charge in [0.1, 0.15) is 0 Å². The smallest absolute Gasteiger partial charge is 0.416 e. The van der Waals surface area contributed by atoms with Crippen LogP contribution < -0.4 is 0 Å². The summed E-state index contributed by atoms with van der Waals surface area (Å²) in [7, 11) is 0. The van der Waals surface area contributed by atoms with Gasteiger partial charge < -0.3 is 4.74 Å². The molecule has 0 aromatic heterocycles. The van der Waals surface area contributed by atoms with Crippen LogP contribution in [0.3, 0.4) is 0 Å². The molecular formula is C6H9NO3. The van der Waals surface area contributed by atoms with Crippen molar-refractivity contribution in [3.63, 3.8) is 0 Å². The van der Waals surface area contributed by atoms with Crippen LogP contribution in [-0.2, 0) is 9.53 Å². The van der Waals surface area contributed by atoms with Crippen molar-refractivity contribution in [1.29, 1.82) is 0 Å². The topological polar surface area (TPSA) is 46.6 Å². The minimum atomic E-state index is -0.515. The molecule has 1 aliphatic heterocycles. The molecule has 1 heterocycles. The second-order valence-electron chi connectivity index (χ2n) is 1.99. The summed E-state index contributed by atoms with van der Waals surface area (Å²) >= 11 is 0. The van der Waals surface area contributed by atoms with Gasteiger partial charge >= 0.3 is 6.09 Å². The molecule has 0 atom stereocenters. The fourth-order valence-corrected chi connectivity index (χ4v) is 0.709. The standard InChI is InChI=1S/C6H9NO3/c1-2-10-6(9)7-4-3-5(7)8/h2-4H2,1H3. The Morgan fingerprint density at radius 2 is 2.50 bits per heavy atom. The minimum Gasteiger partial charge on any atom is -0.449 e. The number of carbonyl (C=O) groups is 2. The van der Waals surface area contributed by atoms with Gasteiger partial charge in [-0.3, -0.25) is 4.79 Å². The molecule has 10 heavy (non-hydrogen) atoms. The number of imide groups is 1. The second-order valence-corrected chi connectivity index (χ2v) is 1.99. The van der Waals surface area contributed by atoms with Gasteiger partial charge in [0.25, 0.3) is 0 Å². The number of hydrogen-bond donors (Lipinski definition) is 0. The number of amides is 2. The molecular weight excluding hydrogens is 134 g/mol. The highest BCUT2D eigenvalue weighted by atomic mass is 16.6. The van der Waals surface area contributed by atoms with Crippen molar-refractivity contribution in [1.82, 2.24) is 4.90 Å². The summed E-state index contributed by atoms with van der Waals surface area (Å²) in [6.45, 7) is 2.54. The second kappa shape index (κ2) is 2.68. The van der Waals surface area contributed by atoms with Crippen LogP contribution in [-0.4, -0.2) is 30.1 Å². The predicted molar refractivity (Wildman–Crippen MR) is 33.4 cm³/mol. The van der Waals surface area contributed by atoms with Crippen LogP contribution in [0.2, 0.25) is 0 Å². The fraction of sp³-hybridized carbons (Fsp3) is 0.667. The summed E-state index contributed by atoms with van der Waals surface area (Å²) in [5.74, 6) is -0.140. The number of likely N-dealkylation sites (tertiary alicyclic amines) is 1. The summed E-state index contributed by atoms with van der Waals surface area (Å²) < 4.78 is 4.58. The largest absolute Gasteiger partial charge is 0.449 e. The van der Waals surface area contributed by atoms with E-state index in [-0.39, 0.29) is 5.91 Å². The Balaban J connectivity index is 2.34. The third-order valence-electron chi connectivity index (χ3n) is 1.34. The van der Waals surface area contributed by atoms with Gasteiger partial charge in [-0.1, -0.05) is 0 Å². The molecule has 2 amide bonds. The minimum absolute atomic E-state index is 0.140. The van der Waals surface area contributed by atoms with Gasteiger partial charge in [0.2, 0.25) is 5.91 Å². The van der Waals surface area contributed by atoms with E-state index in [1.807, 2.05) is 0 Å². The molecule has 4 heteroatoms. The van der Waals surface area contributed by atoms with Crippen molar-refractivity contribution in [3.8, 4) is 0 Å². The van der Waals surface area contributed by atoms with Crippen LogP contribution in [0.4, 0.5) is 4.79 Å². The van der Waals surface area contributed by atoms with E-state index in [2.05, 4.69) is 4.74 Å². The van der Waals surface area contributed by atoms with Crippen molar-refractivity contribution in [3.05, 3.63) is 0 Å². The lowest BCUT2D eigenvalue weighted by Crippen LogP contribution is -2.47. The van der Waals surface area contributed by atoms with Gasteiger partial charge in [0, 0.05) is 13.0 Å². The normalized spacial score (nSPS) is 16.5. The lowest BCUT2D eigenvalue weighted by atomic mass is 10.2. The number of β-lactam (4-membered cyclic amide) rings is 1. The maximum absolute atomic E-state index is 10.7. The van der Waals surface area contributed by atoms with Crippen molar-refractivity contribution >= 4 is 12.0 Å². The highest BCUT2D eigenvalue weighted by Crippen LogP contribution is 2.09. The lowest BCUT2D eigenvalue weighted by Gasteiger charge is -2.26. The van der Waals surface area contributed by atoms with E-state index in [0.717, 1.165) is 4.90 Å². The Labute approximate surface area is 58.8 Å². The van der Waals surface area contributed by atoms with Crippen LogP contribution in [0.15, 0.2) is 0 Å². The zero-order chi connectivity index (χ0) is 7.56. The first-order valence-corrected chi connectivity index (χ1v) is 3.23. The van der Waals surface area contributed by atoms with Crippen LogP contribution in [0.25, 0.3) is 0 Å². The Morgan fingerprint density at radius 1 is 1.80 bits per heavy atom. The van der Waals surface area contributed by atoms with Gasteiger partial charge in [0.15, 0.2) is 0 Å². The molecule has 0 aromatic carbocycles.